The molecule has 6 unspecified atom stereocenters. The first kappa shape index (κ1) is 62.0. The molecule has 1 rings (SSSR count). The normalized spacial score (nSPS) is 19.1. The van der Waals surface area contributed by atoms with Crippen molar-refractivity contribution < 1.29 is 58.2 Å². The number of hydrogen-bond acceptors (Lipinski definition) is 11. The number of esters is 3. The zero-order valence-corrected chi connectivity index (χ0v) is 42.4. The molecule has 0 saturated carbocycles. The van der Waals surface area contributed by atoms with Crippen LogP contribution in [0.2, 0.25) is 0 Å². The molecule has 388 valence electrons. The maximum Gasteiger partial charge on any atom is 0.335 e. The summed E-state index contributed by atoms with van der Waals surface area (Å²) in [7, 11) is 0. The Labute approximate surface area is 406 Å². The van der Waals surface area contributed by atoms with Gasteiger partial charge < -0.3 is 39.0 Å². The second kappa shape index (κ2) is 44.2. The van der Waals surface area contributed by atoms with Crippen LogP contribution < -0.4 is 0 Å². The van der Waals surface area contributed by atoms with Crippen LogP contribution in [0, 0.1) is 0 Å². The van der Waals surface area contributed by atoms with Gasteiger partial charge in [-0.3, -0.25) is 14.4 Å². The first-order valence-corrected chi connectivity index (χ1v) is 27.0. The van der Waals surface area contributed by atoms with Crippen LogP contribution in [0.1, 0.15) is 239 Å². The van der Waals surface area contributed by atoms with Crippen molar-refractivity contribution in [3.05, 3.63) is 36.5 Å². The first-order chi connectivity index (χ1) is 32.6. The minimum atomic E-state index is -1.90. The molecule has 1 aliphatic rings. The molecule has 0 bridgehead atoms. The number of unbranched alkanes of at least 4 members (excludes halogenated alkanes) is 25. The zero-order chi connectivity index (χ0) is 49.0. The van der Waals surface area contributed by atoms with Crippen molar-refractivity contribution in [2.45, 2.75) is 276 Å². The van der Waals surface area contributed by atoms with Gasteiger partial charge in [-0.15, -0.1) is 0 Å². The highest BCUT2D eigenvalue weighted by molar-refractivity contribution is 5.74. The highest BCUT2D eigenvalue weighted by Gasteiger charge is 2.50. The van der Waals surface area contributed by atoms with Crippen molar-refractivity contribution in [2.75, 3.05) is 13.2 Å². The third kappa shape index (κ3) is 34.8. The molecule has 6 atom stereocenters. The lowest BCUT2D eigenvalue weighted by Crippen LogP contribution is -2.61. The van der Waals surface area contributed by atoms with Crippen LogP contribution in [0.3, 0.4) is 0 Å². The maximum atomic E-state index is 13.1. The van der Waals surface area contributed by atoms with Crippen LogP contribution in [0.25, 0.3) is 0 Å². The van der Waals surface area contributed by atoms with Crippen LogP contribution in [-0.4, -0.2) is 89.2 Å². The van der Waals surface area contributed by atoms with Crippen LogP contribution in [0.4, 0.5) is 0 Å². The second-order valence-corrected chi connectivity index (χ2v) is 18.5. The van der Waals surface area contributed by atoms with Gasteiger partial charge in [-0.25, -0.2) is 4.79 Å². The molecular formula is C55H96O12. The molecule has 0 aromatic heterocycles. The first-order valence-electron chi connectivity index (χ1n) is 27.0. The highest BCUT2D eigenvalue weighted by Crippen LogP contribution is 2.26. The van der Waals surface area contributed by atoms with E-state index in [0.717, 1.165) is 96.3 Å². The smallest absolute Gasteiger partial charge is 0.335 e. The maximum absolute atomic E-state index is 13.1. The summed E-state index contributed by atoms with van der Waals surface area (Å²) in [5.74, 6) is -3.13. The molecule has 0 aromatic carbocycles. The largest absolute Gasteiger partial charge is 0.479 e. The van der Waals surface area contributed by atoms with Gasteiger partial charge in [0.2, 0.25) is 0 Å². The van der Waals surface area contributed by atoms with E-state index < -0.39 is 67.3 Å². The number of aliphatic hydroxyl groups excluding tert-OH is 2. The fraction of sp³-hybridized carbons (Fsp3) is 0.818. The molecule has 0 radical (unpaired) electrons. The Bertz CT molecular complexity index is 1310. The minimum Gasteiger partial charge on any atom is -0.479 e. The number of aliphatic hydroxyl groups is 2. The molecule has 12 nitrogen and oxygen atoms in total. The summed E-state index contributed by atoms with van der Waals surface area (Å²) in [6, 6.07) is 0. The van der Waals surface area contributed by atoms with Crippen LogP contribution in [0.5, 0.6) is 0 Å². The molecule has 1 saturated heterocycles. The van der Waals surface area contributed by atoms with E-state index in [4.69, 9.17) is 23.7 Å². The molecule has 1 fully saturated rings. The van der Waals surface area contributed by atoms with Gasteiger partial charge in [-0.05, 0) is 51.4 Å². The van der Waals surface area contributed by atoms with Crippen molar-refractivity contribution >= 4 is 23.9 Å². The third-order valence-corrected chi connectivity index (χ3v) is 12.2. The van der Waals surface area contributed by atoms with E-state index in [1.165, 1.54) is 83.5 Å². The van der Waals surface area contributed by atoms with E-state index in [1.807, 2.05) is 0 Å². The number of allylic oxidation sites excluding steroid dienone is 6. The SMILES string of the molecule is CC/C=C\C/C=C\C/C=C\CCCCCCCC(=O)OCC(COC1OC(C(=O)O)C(O)C(O)C1OC(=O)CCCCCCCCCCC)OC(=O)CCCCCCCCCCCCCCC. The Hall–Kier alpha value is -3.06. The summed E-state index contributed by atoms with van der Waals surface area (Å²) in [5.41, 5.74) is 0. The predicted molar refractivity (Wildman–Crippen MR) is 266 cm³/mol. The lowest BCUT2D eigenvalue weighted by atomic mass is 9.98. The summed E-state index contributed by atoms with van der Waals surface area (Å²) in [6.07, 6.45) is 37.1. The molecule has 3 N–H and O–H groups in total. The molecule has 0 aromatic rings. The van der Waals surface area contributed by atoms with Gasteiger partial charge in [0.05, 0.1) is 6.61 Å². The monoisotopic (exact) mass is 949 g/mol. The topological polar surface area (TPSA) is 175 Å². The van der Waals surface area contributed by atoms with E-state index in [-0.39, 0.29) is 25.9 Å². The fourth-order valence-corrected chi connectivity index (χ4v) is 8.09. The minimum absolute atomic E-state index is 0.0623. The highest BCUT2D eigenvalue weighted by atomic mass is 16.7. The zero-order valence-electron chi connectivity index (χ0n) is 42.4. The molecule has 12 heteroatoms. The van der Waals surface area contributed by atoms with E-state index >= 15 is 0 Å². The fourth-order valence-electron chi connectivity index (χ4n) is 8.09. The molecule has 1 aliphatic heterocycles. The number of aliphatic carboxylic acids is 1. The molecule has 1 heterocycles. The van der Waals surface area contributed by atoms with Crippen LogP contribution >= 0.6 is 0 Å². The third-order valence-electron chi connectivity index (χ3n) is 12.2. The summed E-state index contributed by atoms with van der Waals surface area (Å²) < 4.78 is 28.3. The molecule has 67 heavy (non-hydrogen) atoms. The number of carboxylic acid groups (broad SMARTS) is 1. The standard InChI is InChI=1S/C55H96O12/c1-4-7-10-13-16-19-21-23-24-26-27-30-32-35-38-41-47(56)63-44-46(65-48(57)42-39-36-34-31-28-25-22-20-17-14-11-8-5-2)45-64-55-53(51(60)50(59)52(67-55)54(61)62)66-49(58)43-40-37-33-29-18-15-12-9-6-3/h7,10,16,19,23-24,46,50-53,55,59-60H,4-6,8-9,11-15,17-18,20-22,25-45H2,1-3H3,(H,61,62)/b10-7-,19-16-,24-23-. The van der Waals surface area contributed by atoms with Gasteiger partial charge in [0, 0.05) is 19.3 Å². The van der Waals surface area contributed by atoms with Crippen LogP contribution in [-0.2, 0) is 42.9 Å². The number of ether oxygens (including phenoxy) is 5. The van der Waals surface area contributed by atoms with Gasteiger partial charge in [0.25, 0.3) is 0 Å². The number of hydrogen-bond donors (Lipinski definition) is 3. The molecule has 0 amide bonds. The average Bonchev–Trinajstić information content (AvgIpc) is 3.31. The number of carboxylic acids is 1. The summed E-state index contributed by atoms with van der Waals surface area (Å²) >= 11 is 0. The number of carbonyl (C=O) groups is 4. The van der Waals surface area contributed by atoms with E-state index in [2.05, 4.69) is 57.2 Å². The molecule has 0 aliphatic carbocycles. The quantitative estimate of drug-likeness (QED) is 0.0228. The van der Waals surface area contributed by atoms with E-state index in [1.54, 1.807) is 0 Å². The van der Waals surface area contributed by atoms with E-state index in [9.17, 15) is 34.5 Å². The number of rotatable bonds is 45. The number of carbonyl (C=O) groups excluding carboxylic acids is 3. The predicted octanol–water partition coefficient (Wildman–Crippen LogP) is 12.9. The summed E-state index contributed by atoms with van der Waals surface area (Å²) in [5, 5.41) is 31.3. The second-order valence-electron chi connectivity index (χ2n) is 18.5. The lowest BCUT2D eigenvalue weighted by Gasteiger charge is -2.40. The Kier molecular flexibility index (Phi) is 40.8. The Balaban J connectivity index is 2.72. The summed E-state index contributed by atoms with van der Waals surface area (Å²) in [4.78, 5) is 50.8. The van der Waals surface area contributed by atoms with Crippen molar-refractivity contribution in [1.82, 2.24) is 0 Å². The summed E-state index contributed by atoms with van der Waals surface area (Å²) in [6.45, 7) is 5.82. The van der Waals surface area contributed by atoms with Crippen molar-refractivity contribution in [1.29, 1.82) is 0 Å². The molecular weight excluding hydrogens is 853 g/mol. The Morgan fingerprint density at radius 1 is 0.507 bits per heavy atom. The molecule has 0 spiro atoms. The Morgan fingerprint density at radius 3 is 1.43 bits per heavy atom. The van der Waals surface area contributed by atoms with Crippen molar-refractivity contribution in [3.8, 4) is 0 Å². The average molecular weight is 949 g/mol. The van der Waals surface area contributed by atoms with E-state index in [0.29, 0.717) is 19.3 Å². The van der Waals surface area contributed by atoms with Gasteiger partial charge in [-0.2, -0.15) is 0 Å². The lowest BCUT2D eigenvalue weighted by molar-refractivity contribution is -0.301. The van der Waals surface area contributed by atoms with Gasteiger partial charge in [-0.1, -0.05) is 205 Å². The van der Waals surface area contributed by atoms with Crippen LogP contribution in [0.15, 0.2) is 36.5 Å². The Morgan fingerprint density at radius 2 is 0.940 bits per heavy atom. The van der Waals surface area contributed by atoms with Gasteiger partial charge in [0.1, 0.15) is 18.8 Å². The van der Waals surface area contributed by atoms with Gasteiger partial charge in [0.15, 0.2) is 24.6 Å². The van der Waals surface area contributed by atoms with Gasteiger partial charge >= 0.3 is 23.9 Å². The van der Waals surface area contributed by atoms with Crippen molar-refractivity contribution in [2.24, 2.45) is 0 Å². The van der Waals surface area contributed by atoms with Crippen molar-refractivity contribution in [3.63, 3.8) is 0 Å².